The summed E-state index contributed by atoms with van der Waals surface area (Å²) in [7, 11) is 0. The van der Waals surface area contributed by atoms with Crippen molar-refractivity contribution in [3.05, 3.63) is 40.3 Å². The molecule has 0 atom stereocenters. The first kappa shape index (κ1) is 14.3. The number of cyclic esters (lactones) is 1. The second-order valence-corrected chi connectivity index (χ2v) is 6.59. The van der Waals surface area contributed by atoms with Crippen LogP contribution in [-0.2, 0) is 11.2 Å². The number of rotatable bonds is 4. The average Bonchev–Trinajstić information content (AvgIpc) is 3.23. The predicted molar refractivity (Wildman–Crippen MR) is 90.8 cm³/mol. The number of nitrogens with zero attached hydrogens (tertiary/aromatic N) is 2. The second kappa shape index (κ2) is 5.70. The average molecular weight is 327 g/mol. The molecule has 1 saturated heterocycles. The molecule has 0 aliphatic carbocycles. The summed E-state index contributed by atoms with van der Waals surface area (Å²) < 4.78 is 4.95. The van der Waals surface area contributed by atoms with Crippen LogP contribution in [-0.4, -0.2) is 40.7 Å². The Bertz CT molecular complexity index is 868. The van der Waals surface area contributed by atoms with Crippen molar-refractivity contribution in [1.82, 2.24) is 14.9 Å². The van der Waals surface area contributed by atoms with Gasteiger partial charge in [-0.15, -0.1) is 11.3 Å². The van der Waals surface area contributed by atoms with Crippen LogP contribution in [0.4, 0.5) is 4.79 Å². The topological polar surface area (TPSA) is 58.2 Å². The van der Waals surface area contributed by atoms with Crippen molar-refractivity contribution >= 4 is 28.3 Å². The van der Waals surface area contributed by atoms with Gasteiger partial charge in [-0.05, 0) is 13.0 Å². The van der Waals surface area contributed by atoms with Gasteiger partial charge in [0.2, 0.25) is 0 Å². The number of aryl methyl sites for hydroxylation is 1. The standard InChI is InChI=1S/C17H17N3O2S/c1-11-16(12-4-2-3-5-13(12)18-11)14-10-23-15(19-14)6-7-20-8-9-22-17(20)21/h2-5,10,18H,6-9H2,1H3. The molecular formula is C17H17N3O2S. The molecule has 118 valence electrons. The quantitative estimate of drug-likeness (QED) is 0.796. The van der Waals surface area contributed by atoms with E-state index in [9.17, 15) is 4.79 Å². The number of carbonyl (C=O) groups is 1. The lowest BCUT2D eigenvalue weighted by molar-refractivity contribution is 0.159. The van der Waals surface area contributed by atoms with E-state index in [4.69, 9.17) is 9.72 Å². The molecule has 3 heterocycles. The Kier molecular flexibility index (Phi) is 3.53. The third-order valence-corrected chi connectivity index (χ3v) is 5.05. The maximum atomic E-state index is 11.5. The number of carbonyl (C=O) groups excluding carboxylic acids is 1. The summed E-state index contributed by atoms with van der Waals surface area (Å²) in [4.78, 5) is 21.4. The lowest BCUT2D eigenvalue weighted by Crippen LogP contribution is -2.26. The zero-order valence-electron chi connectivity index (χ0n) is 12.8. The van der Waals surface area contributed by atoms with E-state index in [0.29, 0.717) is 19.7 Å². The molecule has 0 bridgehead atoms. The van der Waals surface area contributed by atoms with Crippen molar-refractivity contribution in [3.8, 4) is 11.3 Å². The molecule has 2 aromatic heterocycles. The van der Waals surface area contributed by atoms with Crippen LogP contribution < -0.4 is 0 Å². The number of aromatic amines is 1. The van der Waals surface area contributed by atoms with Crippen LogP contribution in [0.3, 0.4) is 0 Å². The lowest BCUT2D eigenvalue weighted by atomic mass is 10.1. The first-order chi connectivity index (χ1) is 11.2. The number of hydrogen-bond donors (Lipinski definition) is 1. The third kappa shape index (κ3) is 2.59. The summed E-state index contributed by atoms with van der Waals surface area (Å²) in [6, 6.07) is 8.28. The summed E-state index contributed by atoms with van der Waals surface area (Å²) in [6.45, 7) is 3.92. The van der Waals surface area contributed by atoms with Crippen molar-refractivity contribution in [2.45, 2.75) is 13.3 Å². The van der Waals surface area contributed by atoms with Gasteiger partial charge in [-0.1, -0.05) is 18.2 Å². The molecule has 0 saturated carbocycles. The van der Waals surface area contributed by atoms with Crippen LogP contribution in [0.5, 0.6) is 0 Å². The SMILES string of the molecule is Cc1[nH]c2ccccc2c1-c1csc(CCN2CCOC2=O)n1. The van der Waals surface area contributed by atoms with E-state index in [1.807, 2.05) is 12.1 Å². The number of thiazole rings is 1. The van der Waals surface area contributed by atoms with Gasteiger partial charge in [-0.2, -0.15) is 0 Å². The molecule has 3 aromatic rings. The van der Waals surface area contributed by atoms with Crippen LogP contribution >= 0.6 is 11.3 Å². The highest BCUT2D eigenvalue weighted by molar-refractivity contribution is 7.10. The van der Waals surface area contributed by atoms with E-state index in [1.165, 1.54) is 10.9 Å². The molecular weight excluding hydrogens is 310 g/mol. The molecule has 1 N–H and O–H groups in total. The van der Waals surface area contributed by atoms with Crippen LogP contribution in [0.15, 0.2) is 29.6 Å². The Balaban J connectivity index is 1.57. The molecule has 4 rings (SSSR count). The van der Waals surface area contributed by atoms with Gasteiger partial charge in [0.05, 0.1) is 17.2 Å². The monoisotopic (exact) mass is 327 g/mol. The van der Waals surface area contributed by atoms with Crippen LogP contribution in [0.25, 0.3) is 22.2 Å². The molecule has 1 fully saturated rings. The molecule has 5 nitrogen and oxygen atoms in total. The van der Waals surface area contributed by atoms with Crippen molar-refractivity contribution in [1.29, 1.82) is 0 Å². The fraction of sp³-hybridized carbons (Fsp3) is 0.294. The smallest absolute Gasteiger partial charge is 0.409 e. The minimum Gasteiger partial charge on any atom is -0.448 e. The van der Waals surface area contributed by atoms with Gasteiger partial charge in [-0.3, -0.25) is 0 Å². The zero-order chi connectivity index (χ0) is 15.8. The van der Waals surface area contributed by atoms with Crippen molar-refractivity contribution in [2.24, 2.45) is 0 Å². The Hall–Kier alpha value is -2.34. The number of hydrogen-bond acceptors (Lipinski definition) is 4. The highest BCUT2D eigenvalue weighted by Gasteiger charge is 2.22. The minimum absolute atomic E-state index is 0.214. The van der Waals surface area contributed by atoms with Crippen LogP contribution in [0.1, 0.15) is 10.7 Å². The molecule has 1 aliphatic rings. The van der Waals surface area contributed by atoms with E-state index in [2.05, 4.69) is 29.4 Å². The second-order valence-electron chi connectivity index (χ2n) is 5.65. The minimum atomic E-state index is -0.214. The van der Waals surface area contributed by atoms with Crippen LogP contribution in [0.2, 0.25) is 0 Å². The number of para-hydroxylation sites is 1. The largest absolute Gasteiger partial charge is 0.448 e. The molecule has 1 aromatic carbocycles. The van der Waals surface area contributed by atoms with Crippen molar-refractivity contribution < 1.29 is 9.53 Å². The van der Waals surface area contributed by atoms with E-state index in [0.717, 1.165) is 28.3 Å². The fourth-order valence-electron chi connectivity index (χ4n) is 3.01. The van der Waals surface area contributed by atoms with Gasteiger partial charge < -0.3 is 14.6 Å². The molecule has 0 radical (unpaired) electrons. The van der Waals surface area contributed by atoms with E-state index in [1.54, 1.807) is 16.2 Å². The Labute approximate surface area is 137 Å². The molecule has 0 spiro atoms. The number of H-pyrrole nitrogens is 1. The first-order valence-electron chi connectivity index (χ1n) is 7.66. The molecule has 1 amide bonds. The lowest BCUT2D eigenvalue weighted by Gasteiger charge is -2.10. The number of aromatic nitrogens is 2. The summed E-state index contributed by atoms with van der Waals surface area (Å²) in [5, 5.41) is 4.34. The number of fused-ring (bicyclic) bond motifs is 1. The number of amides is 1. The normalized spacial score (nSPS) is 14.7. The fourth-order valence-corrected chi connectivity index (χ4v) is 3.79. The Morgan fingerprint density at radius 3 is 3.09 bits per heavy atom. The molecule has 0 unspecified atom stereocenters. The summed E-state index contributed by atoms with van der Waals surface area (Å²) in [5.41, 5.74) is 4.44. The summed E-state index contributed by atoms with van der Waals surface area (Å²) in [5.74, 6) is 0. The Morgan fingerprint density at radius 2 is 2.26 bits per heavy atom. The van der Waals surface area contributed by atoms with E-state index in [-0.39, 0.29) is 6.09 Å². The van der Waals surface area contributed by atoms with Crippen LogP contribution in [0, 0.1) is 6.92 Å². The van der Waals surface area contributed by atoms with E-state index < -0.39 is 0 Å². The highest BCUT2D eigenvalue weighted by Crippen LogP contribution is 2.32. The summed E-state index contributed by atoms with van der Waals surface area (Å²) >= 11 is 1.65. The maximum Gasteiger partial charge on any atom is 0.409 e. The van der Waals surface area contributed by atoms with Gasteiger partial charge in [-0.25, -0.2) is 9.78 Å². The molecule has 6 heteroatoms. The Morgan fingerprint density at radius 1 is 1.39 bits per heavy atom. The van der Waals surface area contributed by atoms with Gasteiger partial charge in [0.25, 0.3) is 0 Å². The number of nitrogens with one attached hydrogen (secondary N) is 1. The van der Waals surface area contributed by atoms with Crippen molar-refractivity contribution in [3.63, 3.8) is 0 Å². The first-order valence-corrected chi connectivity index (χ1v) is 8.54. The molecule has 1 aliphatic heterocycles. The predicted octanol–water partition coefficient (Wildman–Crippen LogP) is 3.59. The van der Waals surface area contributed by atoms with Gasteiger partial charge >= 0.3 is 6.09 Å². The van der Waals surface area contributed by atoms with E-state index >= 15 is 0 Å². The number of benzene rings is 1. The van der Waals surface area contributed by atoms with Gasteiger partial charge in [0, 0.05) is 40.5 Å². The molecule has 23 heavy (non-hydrogen) atoms. The zero-order valence-corrected chi connectivity index (χ0v) is 13.7. The van der Waals surface area contributed by atoms with Crippen molar-refractivity contribution in [2.75, 3.05) is 19.7 Å². The van der Waals surface area contributed by atoms with Gasteiger partial charge in [0.15, 0.2) is 0 Å². The number of ether oxygens (including phenoxy) is 1. The highest BCUT2D eigenvalue weighted by atomic mass is 32.1. The maximum absolute atomic E-state index is 11.5. The van der Waals surface area contributed by atoms with Gasteiger partial charge in [0.1, 0.15) is 6.61 Å². The third-order valence-electron chi connectivity index (χ3n) is 4.14. The summed E-state index contributed by atoms with van der Waals surface area (Å²) in [6.07, 6.45) is 0.551.